The second-order valence-electron chi connectivity index (χ2n) is 6.13. The first-order valence-electron chi connectivity index (χ1n) is 8.42. The molecule has 0 atom stereocenters. The molecule has 0 radical (unpaired) electrons. The number of nitrogens with one attached hydrogen (secondary N) is 1. The summed E-state index contributed by atoms with van der Waals surface area (Å²) in [6, 6.07) is 15.6. The van der Waals surface area contributed by atoms with E-state index in [4.69, 9.17) is 0 Å². The zero-order chi connectivity index (χ0) is 17.6. The molecule has 1 amide bonds. The number of hydrogen-bond acceptors (Lipinski definition) is 3. The van der Waals surface area contributed by atoms with Gasteiger partial charge in [0.1, 0.15) is 0 Å². The summed E-state index contributed by atoms with van der Waals surface area (Å²) in [5.41, 5.74) is 3.00. The van der Waals surface area contributed by atoms with Crippen molar-refractivity contribution in [2.45, 2.75) is 32.7 Å². The molecule has 5 heteroatoms. The van der Waals surface area contributed by atoms with Crippen LogP contribution in [0.3, 0.4) is 0 Å². The van der Waals surface area contributed by atoms with Crippen molar-refractivity contribution in [3.05, 3.63) is 65.9 Å². The number of rotatable bonds is 6. The fourth-order valence-electron chi connectivity index (χ4n) is 2.74. The number of fused-ring (bicyclic) bond motifs is 1. The summed E-state index contributed by atoms with van der Waals surface area (Å²) in [5, 5.41) is 8.00. The molecule has 0 bridgehead atoms. The first-order chi connectivity index (χ1) is 12.1. The summed E-state index contributed by atoms with van der Waals surface area (Å²) >= 11 is 0. The molecule has 0 fully saturated rings. The Hall–Kier alpha value is -2.95. The molecule has 2 aromatic carbocycles. The minimum absolute atomic E-state index is 0.0439. The van der Waals surface area contributed by atoms with E-state index in [2.05, 4.69) is 10.4 Å². The van der Waals surface area contributed by atoms with E-state index in [-0.39, 0.29) is 11.8 Å². The normalized spacial score (nSPS) is 10.8. The quantitative estimate of drug-likeness (QED) is 0.750. The third-order valence-electron chi connectivity index (χ3n) is 4.09. The van der Waals surface area contributed by atoms with E-state index < -0.39 is 0 Å². The van der Waals surface area contributed by atoms with Gasteiger partial charge in [-0.25, -0.2) is 4.68 Å². The first kappa shape index (κ1) is 16.9. The van der Waals surface area contributed by atoms with Crippen LogP contribution in [0, 0.1) is 6.92 Å². The van der Waals surface area contributed by atoms with Crippen LogP contribution in [-0.4, -0.2) is 21.6 Å². The van der Waals surface area contributed by atoms with Crippen LogP contribution in [0.4, 0.5) is 0 Å². The Balaban J connectivity index is 1.48. The van der Waals surface area contributed by atoms with Crippen LogP contribution in [0.2, 0.25) is 0 Å². The van der Waals surface area contributed by atoms with E-state index >= 15 is 0 Å². The summed E-state index contributed by atoms with van der Waals surface area (Å²) in [6.07, 6.45) is 2.83. The molecule has 128 valence electrons. The number of aromatic nitrogens is 2. The Kier molecular flexibility index (Phi) is 5.23. The summed E-state index contributed by atoms with van der Waals surface area (Å²) < 4.78 is 1.43. The molecule has 0 unspecified atom stereocenters. The van der Waals surface area contributed by atoms with Gasteiger partial charge < -0.3 is 5.32 Å². The summed E-state index contributed by atoms with van der Waals surface area (Å²) in [6.45, 7) is 2.52. The van der Waals surface area contributed by atoms with Crippen LogP contribution in [0.15, 0.2) is 54.7 Å². The summed E-state index contributed by atoms with van der Waals surface area (Å²) in [5.74, 6) is -0.132. The van der Waals surface area contributed by atoms with Gasteiger partial charge in [-0.2, -0.15) is 5.10 Å². The van der Waals surface area contributed by atoms with E-state index in [0.29, 0.717) is 25.8 Å². The minimum atomic E-state index is -0.0882. The Morgan fingerprint density at radius 3 is 2.68 bits per heavy atom. The standard InChI is InChI=1S/C20H21N3O2/c1-15-10-11-18-17(12-15)14-22-23(18)20(25)9-5-8-19(24)21-13-16-6-3-2-4-7-16/h2-4,6-7,10-12,14H,5,8-9,13H2,1H3,(H,21,24). The van der Waals surface area contributed by atoms with Crippen molar-refractivity contribution in [1.29, 1.82) is 0 Å². The van der Waals surface area contributed by atoms with E-state index in [1.54, 1.807) is 6.20 Å². The fraction of sp³-hybridized carbons (Fsp3) is 0.250. The van der Waals surface area contributed by atoms with Crippen LogP contribution in [-0.2, 0) is 11.3 Å². The van der Waals surface area contributed by atoms with Crippen molar-refractivity contribution in [2.75, 3.05) is 0 Å². The average molecular weight is 335 g/mol. The molecule has 5 nitrogen and oxygen atoms in total. The Morgan fingerprint density at radius 2 is 1.88 bits per heavy atom. The molecule has 1 N–H and O–H groups in total. The number of carbonyl (C=O) groups excluding carboxylic acids is 2. The molecular weight excluding hydrogens is 314 g/mol. The van der Waals surface area contributed by atoms with Gasteiger partial charge in [-0.15, -0.1) is 0 Å². The zero-order valence-electron chi connectivity index (χ0n) is 14.2. The average Bonchev–Trinajstić information content (AvgIpc) is 3.04. The number of carbonyl (C=O) groups is 2. The Labute approximate surface area is 146 Å². The maximum absolute atomic E-state index is 12.3. The topological polar surface area (TPSA) is 64.0 Å². The second kappa shape index (κ2) is 7.75. The SMILES string of the molecule is Cc1ccc2c(cnn2C(=O)CCCC(=O)NCc2ccccc2)c1. The molecule has 0 aliphatic carbocycles. The Bertz CT molecular complexity index is 884. The van der Waals surface area contributed by atoms with Crippen molar-refractivity contribution in [1.82, 2.24) is 15.1 Å². The van der Waals surface area contributed by atoms with Crippen LogP contribution in [0.25, 0.3) is 10.9 Å². The number of hydrogen-bond donors (Lipinski definition) is 1. The number of nitrogens with zero attached hydrogens (tertiary/aromatic N) is 2. The third kappa shape index (κ3) is 4.32. The van der Waals surface area contributed by atoms with Gasteiger partial charge in [0.05, 0.1) is 11.7 Å². The lowest BCUT2D eigenvalue weighted by Gasteiger charge is -2.06. The lowest BCUT2D eigenvalue weighted by Crippen LogP contribution is -2.23. The van der Waals surface area contributed by atoms with E-state index in [1.807, 2.05) is 55.5 Å². The highest BCUT2D eigenvalue weighted by Crippen LogP contribution is 2.16. The molecule has 0 spiro atoms. The van der Waals surface area contributed by atoms with E-state index in [9.17, 15) is 9.59 Å². The highest BCUT2D eigenvalue weighted by molar-refractivity contribution is 5.91. The molecule has 1 heterocycles. The highest BCUT2D eigenvalue weighted by Gasteiger charge is 2.11. The molecule has 3 rings (SSSR count). The van der Waals surface area contributed by atoms with E-state index in [0.717, 1.165) is 22.0 Å². The predicted molar refractivity (Wildman–Crippen MR) is 97.2 cm³/mol. The molecule has 0 aliphatic heterocycles. The fourth-order valence-corrected chi connectivity index (χ4v) is 2.74. The van der Waals surface area contributed by atoms with Crippen LogP contribution >= 0.6 is 0 Å². The number of amides is 1. The number of benzene rings is 2. The smallest absolute Gasteiger partial charge is 0.247 e. The van der Waals surface area contributed by atoms with Crippen LogP contribution in [0.5, 0.6) is 0 Å². The molecule has 0 saturated heterocycles. The minimum Gasteiger partial charge on any atom is -0.352 e. The van der Waals surface area contributed by atoms with Crippen LogP contribution in [0.1, 0.15) is 35.2 Å². The van der Waals surface area contributed by atoms with Crippen molar-refractivity contribution >= 4 is 22.7 Å². The Morgan fingerprint density at radius 1 is 1.08 bits per heavy atom. The summed E-state index contributed by atoms with van der Waals surface area (Å²) in [7, 11) is 0. The lowest BCUT2D eigenvalue weighted by molar-refractivity contribution is -0.121. The van der Waals surface area contributed by atoms with Gasteiger partial charge in [-0.3, -0.25) is 9.59 Å². The van der Waals surface area contributed by atoms with Gasteiger partial charge in [0.25, 0.3) is 0 Å². The summed E-state index contributed by atoms with van der Waals surface area (Å²) in [4.78, 5) is 24.2. The predicted octanol–water partition coefficient (Wildman–Crippen LogP) is 3.47. The molecule has 0 saturated carbocycles. The van der Waals surface area contributed by atoms with Gasteiger partial charge in [-0.1, -0.05) is 42.0 Å². The van der Waals surface area contributed by atoms with Crippen molar-refractivity contribution in [3.8, 4) is 0 Å². The molecule has 3 aromatic rings. The molecule has 0 aliphatic rings. The maximum atomic E-state index is 12.3. The van der Waals surface area contributed by atoms with Crippen LogP contribution < -0.4 is 5.32 Å². The lowest BCUT2D eigenvalue weighted by atomic mass is 10.2. The molecular formula is C20H21N3O2. The maximum Gasteiger partial charge on any atom is 0.247 e. The number of aryl methyl sites for hydroxylation is 1. The van der Waals surface area contributed by atoms with Crippen molar-refractivity contribution < 1.29 is 9.59 Å². The molecule has 1 aromatic heterocycles. The van der Waals surface area contributed by atoms with E-state index in [1.165, 1.54) is 4.68 Å². The monoisotopic (exact) mass is 335 g/mol. The first-order valence-corrected chi connectivity index (χ1v) is 8.42. The van der Waals surface area contributed by atoms with Gasteiger partial charge >= 0.3 is 0 Å². The van der Waals surface area contributed by atoms with Gasteiger partial charge in [0.15, 0.2) is 0 Å². The van der Waals surface area contributed by atoms with Gasteiger partial charge in [0, 0.05) is 24.8 Å². The van der Waals surface area contributed by atoms with Crippen molar-refractivity contribution in [3.63, 3.8) is 0 Å². The zero-order valence-corrected chi connectivity index (χ0v) is 14.2. The largest absolute Gasteiger partial charge is 0.352 e. The molecule has 25 heavy (non-hydrogen) atoms. The van der Waals surface area contributed by atoms with Gasteiger partial charge in [0.2, 0.25) is 11.8 Å². The van der Waals surface area contributed by atoms with Gasteiger partial charge in [-0.05, 0) is 31.0 Å². The van der Waals surface area contributed by atoms with Crippen molar-refractivity contribution in [2.24, 2.45) is 0 Å². The highest BCUT2D eigenvalue weighted by atomic mass is 16.2. The third-order valence-corrected chi connectivity index (χ3v) is 4.09. The second-order valence-corrected chi connectivity index (χ2v) is 6.13.